The number of phenols is 1. The molecule has 0 aliphatic carbocycles. The van der Waals surface area contributed by atoms with Gasteiger partial charge in [-0.3, -0.25) is 0 Å². The Bertz CT molecular complexity index is 955. The molecule has 1 heterocycles. The minimum absolute atomic E-state index is 0.240. The summed E-state index contributed by atoms with van der Waals surface area (Å²) in [6.07, 6.45) is 17.8. The van der Waals surface area contributed by atoms with E-state index in [-0.39, 0.29) is 5.75 Å². The van der Waals surface area contributed by atoms with E-state index in [2.05, 4.69) is 29.0 Å². The molecule has 3 nitrogen and oxygen atoms in total. The van der Waals surface area contributed by atoms with Gasteiger partial charge in [0.2, 0.25) is 0 Å². The molecule has 0 bridgehead atoms. The van der Waals surface area contributed by atoms with E-state index in [9.17, 15) is 9.50 Å². The van der Waals surface area contributed by atoms with E-state index in [0.29, 0.717) is 18.7 Å². The summed E-state index contributed by atoms with van der Waals surface area (Å²) in [7, 11) is 0. The van der Waals surface area contributed by atoms with Gasteiger partial charge >= 0.3 is 0 Å². The number of unbranched alkanes of at least 4 members (excludes halogenated alkanes) is 9. The highest BCUT2D eigenvalue weighted by atomic mass is 19.1. The molecule has 0 saturated carbocycles. The van der Waals surface area contributed by atoms with Gasteiger partial charge in [0, 0.05) is 23.5 Å². The van der Waals surface area contributed by atoms with Crippen LogP contribution >= 0.6 is 0 Å². The molecule has 1 aromatic heterocycles. The van der Waals surface area contributed by atoms with E-state index in [4.69, 9.17) is 0 Å². The average Bonchev–Trinajstić information content (AvgIpc) is 2.89. The summed E-state index contributed by atoms with van der Waals surface area (Å²) in [5.41, 5.74) is 3.97. The van der Waals surface area contributed by atoms with Gasteiger partial charge in [0.1, 0.15) is 11.9 Å². The van der Waals surface area contributed by atoms with Crippen molar-refractivity contribution >= 4 is 0 Å². The van der Waals surface area contributed by atoms with Gasteiger partial charge in [-0.05, 0) is 42.5 Å². The van der Waals surface area contributed by atoms with Gasteiger partial charge < -0.3 is 5.11 Å². The van der Waals surface area contributed by atoms with Gasteiger partial charge in [-0.25, -0.2) is 14.4 Å². The number of hydrogen-bond donors (Lipinski definition) is 1. The maximum absolute atomic E-state index is 14.3. The van der Waals surface area contributed by atoms with Crippen LogP contribution in [-0.2, 0) is 6.42 Å². The molecule has 3 aromatic rings. The van der Waals surface area contributed by atoms with Crippen LogP contribution in [0.5, 0.6) is 5.75 Å². The van der Waals surface area contributed by atoms with Crippen molar-refractivity contribution in [3.05, 3.63) is 66.5 Å². The highest BCUT2D eigenvalue weighted by Crippen LogP contribution is 2.23. The van der Waals surface area contributed by atoms with Crippen molar-refractivity contribution in [1.82, 2.24) is 9.97 Å². The number of aryl methyl sites for hydroxylation is 1. The molecule has 0 fully saturated rings. The molecule has 1 atom stereocenters. The van der Waals surface area contributed by atoms with Crippen molar-refractivity contribution in [3.63, 3.8) is 0 Å². The van der Waals surface area contributed by atoms with Crippen molar-refractivity contribution in [3.8, 4) is 28.3 Å². The fourth-order valence-corrected chi connectivity index (χ4v) is 4.42. The summed E-state index contributed by atoms with van der Waals surface area (Å²) in [4.78, 5) is 8.99. The summed E-state index contributed by atoms with van der Waals surface area (Å²) in [5, 5.41) is 9.44. The second kappa shape index (κ2) is 15.3. The van der Waals surface area contributed by atoms with E-state index >= 15 is 0 Å². The monoisotopic (exact) mass is 476 g/mol. The molecule has 0 saturated heterocycles. The quantitative estimate of drug-likeness (QED) is 0.210. The van der Waals surface area contributed by atoms with Crippen LogP contribution in [-0.4, -0.2) is 21.2 Å². The Morgan fingerprint density at radius 2 is 1.20 bits per heavy atom. The predicted molar refractivity (Wildman–Crippen MR) is 144 cm³/mol. The Hall–Kier alpha value is -2.75. The molecule has 1 N–H and O–H groups in total. The molecule has 0 unspecified atom stereocenters. The summed E-state index contributed by atoms with van der Waals surface area (Å²) in [5.74, 6) is 0.910. The molecular weight excluding hydrogens is 435 g/mol. The lowest BCUT2D eigenvalue weighted by Crippen LogP contribution is -2.02. The summed E-state index contributed by atoms with van der Waals surface area (Å²) >= 11 is 0. The van der Waals surface area contributed by atoms with Crippen LogP contribution in [0.4, 0.5) is 4.39 Å². The molecule has 0 aliphatic rings. The third-order valence-corrected chi connectivity index (χ3v) is 6.68. The van der Waals surface area contributed by atoms with Gasteiger partial charge in [-0.1, -0.05) is 108 Å². The van der Waals surface area contributed by atoms with Crippen molar-refractivity contribution in [2.45, 2.75) is 96.6 Å². The van der Waals surface area contributed by atoms with Crippen LogP contribution in [0.25, 0.3) is 22.5 Å². The average molecular weight is 477 g/mol. The maximum atomic E-state index is 14.3. The van der Waals surface area contributed by atoms with Crippen molar-refractivity contribution < 1.29 is 9.50 Å². The van der Waals surface area contributed by atoms with E-state index in [1.165, 1.54) is 51.4 Å². The van der Waals surface area contributed by atoms with Crippen LogP contribution < -0.4 is 0 Å². The first-order chi connectivity index (χ1) is 17.2. The van der Waals surface area contributed by atoms with Crippen molar-refractivity contribution in [1.29, 1.82) is 0 Å². The van der Waals surface area contributed by atoms with Crippen LogP contribution in [0.3, 0.4) is 0 Å². The van der Waals surface area contributed by atoms with Crippen molar-refractivity contribution in [2.24, 2.45) is 0 Å². The number of alkyl halides is 1. The van der Waals surface area contributed by atoms with E-state index < -0.39 is 6.17 Å². The van der Waals surface area contributed by atoms with Gasteiger partial charge in [0.15, 0.2) is 5.82 Å². The number of aromatic hydroxyl groups is 1. The molecule has 35 heavy (non-hydrogen) atoms. The fraction of sp³-hybridized carbons (Fsp3) is 0.484. The van der Waals surface area contributed by atoms with Crippen LogP contribution in [0, 0.1) is 0 Å². The SMILES string of the molecule is CCCCCCCCCCCC[C@H](F)CCc1ccc(-c2ncc(-c3ccc(O)cc3)cn2)cc1. The smallest absolute Gasteiger partial charge is 0.159 e. The first-order valence-electron chi connectivity index (χ1n) is 13.5. The zero-order valence-electron chi connectivity index (χ0n) is 21.3. The Labute approximate surface area is 210 Å². The molecule has 4 heteroatoms. The lowest BCUT2D eigenvalue weighted by atomic mass is 10.0. The van der Waals surface area contributed by atoms with Gasteiger partial charge in [0.05, 0.1) is 0 Å². The number of phenolic OH excluding ortho intramolecular Hbond substituents is 1. The Balaban J connectivity index is 1.32. The third-order valence-electron chi connectivity index (χ3n) is 6.68. The normalized spacial score (nSPS) is 12.1. The van der Waals surface area contributed by atoms with E-state index in [1.807, 2.05) is 24.3 Å². The fourth-order valence-electron chi connectivity index (χ4n) is 4.42. The Morgan fingerprint density at radius 1 is 0.657 bits per heavy atom. The summed E-state index contributed by atoms with van der Waals surface area (Å²) in [6.45, 7) is 2.26. The first kappa shape index (κ1) is 26.8. The largest absolute Gasteiger partial charge is 0.508 e. The van der Waals surface area contributed by atoms with Crippen molar-refractivity contribution in [2.75, 3.05) is 0 Å². The number of aromatic nitrogens is 2. The van der Waals surface area contributed by atoms with Crippen LogP contribution in [0.2, 0.25) is 0 Å². The van der Waals surface area contributed by atoms with Gasteiger partial charge in [-0.2, -0.15) is 0 Å². The minimum Gasteiger partial charge on any atom is -0.508 e. The first-order valence-corrected chi connectivity index (χ1v) is 13.5. The second-order valence-electron chi connectivity index (χ2n) is 9.65. The highest BCUT2D eigenvalue weighted by molar-refractivity contribution is 5.64. The van der Waals surface area contributed by atoms with Crippen LogP contribution in [0.1, 0.15) is 89.5 Å². The lowest BCUT2D eigenvalue weighted by molar-refractivity contribution is 0.287. The van der Waals surface area contributed by atoms with Gasteiger partial charge in [-0.15, -0.1) is 0 Å². The zero-order chi connectivity index (χ0) is 24.7. The number of rotatable bonds is 16. The van der Waals surface area contributed by atoms with Crippen LogP contribution in [0.15, 0.2) is 60.9 Å². The summed E-state index contributed by atoms with van der Waals surface area (Å²) < 4.78 is 14.3. The molecule has 0 spiro atoms. The molecular formula is C31H41FN2O. The number of benzene rings is 2. The number of halogens is 1. The van der Waals surface area contributed by atoms with E-state index in [0.717, 1.165) is 41.5 Å². The molecule has 0 radical (unpaired) electrons. The topological polar surface area (TPSA) is 46.0 Å². The highest BCUT2D eigenvalue weighted by Gasteiger charge is 2.08. The lowest BCUT2D eigenvalue weighted by Gasteiger charge is -2.09. The Kier molecular flexibility index (Phi) is 11.7. The predicted octanol–water partition coefficient (Wildman–Crippen LogP) is 9.10. The standard InChI is InChI=1S/C31H41FN2O/c1-2-3-4-5-6-7-8-9-10-11-12-29(32)20-15-25-13-16-27(17-14-25)31-33-23-28(24-34-31)26-18-21-30(35)22-19-26/h13-14,16-19,21-24,29,35H,2-12,15,20H2,1H3/t29-/m0/s1. The zero-order valence-corrected chi connectivity index (χ0v) is 21.3. The molecule has 0 aliphatic heterocycles. The minimum atomic E-state index is -0.709. The van der Waals surface area contributed by atoms with E-state index in [1.54, 1.807) is 24.5 Å². The number of hydrogen-bond acceptors (Lipinski definition) is 3. The molecule has 188 valence electrons. The maximum Gasteiger partial charge on any atom is 0.159 e. The van der Waals surface area contributed by atoms with Gasteiger partial charge in [0.25, 0.3) is 0 Å². The second-order valence-corrected chi connectivity index (χ2v) is 9.65. The third kappa shape index (κ3) is 9.79. The molecule has 2 aromatic carbocycles. The number of nitrogens with zero attached hydrogens (tertiary/aromatic N) is 2. The molecule has 0 amide bonds. The Morgan fingerprint density at radius 3 is 1.80 bits per heavy atom. The molecule has 3 rings (SSSR count). The summed E-state index contributed by atoms with van der Waals surface area (Å²) in [6, 6.07) is 15.1.